The summed E-state index contributed by atoms with van der Waals surface area (Å²) in [5.74, 6) is -0.298. The molecule has 1 N–H and O–H groups in total. The summed E-state index contributed by atoms with van der Waals surface area (Å²) in [6.45, 7) is 2.15. The third kappa shape index (κ3) is 2.43. The van der Waals surface area contributed by atoms with Crippen LogP contribution in [0.25, 0.3) is 0 Å². The van der Waals surface area contributed by atoms with Crippen LogP contribution in [-0.2, 0) is 24.1 Å². The fourth-order valence-corrected chi connectivity index (χ4v) is 3.07. The number of carbonyl (C=O) groups is 1. The van der Waals surface area contributed by atoms with E-state index in [0.29, 0.717) is 21.5 Å². The third-order valence-electron chi connectivity index (χ3n) is 3.41. The lowest BCUT2D eigenvalue weighted by Crippen LogP contribution is -2.02. The Morgan fingerprint density at radius 2 is 2.06 bits per heavy atom. The Labute approximate surface area is 111 Å². The van der Waals surface area contributed by atoms with E-state index >= 15 is 0 Å². The van der Waals surface area contributed by atoms with Crippen molar-refractivity contribution in [2.45, 2.75) is 32.6 Å². The van der Waals surface area contributed by atoms with Gasteiger partial charge < -0.3 is 5.11 Å². The number of halogens is 2. The second kappa shape index (κ2) is 4.87. The molecule has 0 bridgehead atoms. The van der Waals surface area contributed by atoms with Gasteiger partial charge in [-0.1, -0.05) is 36.5 Å². The zero-order valence-electron chi connectivity index (χ0n) is 9.59. The Morgan fingerprint density at radius 3 is 2.65 bits per heavy atom. The van der Waals surface area contributed by atoms with Gasteiger partial charge >= 0.3 is 5.97 Å². The minimum Gasteiger partial charge on any atom is -0.481 e. The number of hydrogen-bond donors (Lipinski definition) is 1. The van der Waals surface area contributed by atoms with E-state index in [9.17, 15) is 4.79 Å². The molecule has 1 aliphatic rings. The van der Waals surface area contributed by atoms with Gasteiger partial charge in [-0.15, -0.1) is 0 Å². The summed E-state index contributed by atoms with van der Waals surface area (Å²) in [5.41, 5.74) is 2.79. The molecule has 0 spiro atoms. The highest BCUT2D eigenvalue weighted by atomic mass is 35.5. The fraction of sp³-hybridized carbons (Fsp3) is 0.462. The number of fused-ring (bicyclic) bond motifs is 1. The maximum absolute atomic E-state index is 10.8. The number of benzene rings is 1. The summed E-state index contributed by atoms with van der Waals surface area (Å²) in [4.78, 5) is 10.8. The van der Waals surface area contributed by atoms with Gasteiger partial charge in [0, 0.05) is 10.0 Å². The summed E-state index contributed by atoms with van der Waals surface area (Å²) < 4.78 is 0. The molecule has 0 aromatic heterocycles. The lowest BCUT2D eigenvalue weighted by atomic mass is 10.0. The van der Waals surface area contributed by atoms with Crippen molar-refractivity contribution in [1.82, 2.24) is 0 Å². The SMILES string of the molecule is CCC1Cc2c(Cl)cc(CC(=O)O)c(Cl)c2C1. The quantitative estimate of drug-likeness (QED) is 0.910. The number of rotatable bonds is 3. The highest BCUT2D eigenvalue weighted by molar-refractivity contribution is 6.35. The molecule has 1 aromatic rings. The first-order valence-corrected chi connectivity index (χ1v) is 6.49. The molecule has 0 fully saturated rings. The highest BCUT2D eigenvalue weighted by Gasteiger charge is 2.26. The molecule has 0 aliphatic heterocycles. The van der Waals surface area contributed by atoms with Crippen molar-refractivity contribution in [3.8, 4) is 0 Å². The van der Waals surface area contributed by atoms with Crippen LogP contribution < -0.4 is 0 Å². The smallest absolute Gasteiger partial charge is 0.307 e. The van der Waals surface area contributed by atoms with Gasteiger partial charge in [-0.3, -0.25) is 4.79 Å². The molecule has 92 valence electrons. The molecule has 2 nitrogen and oxygen atoms in total. The van der Waals surface area contributed by atoms with Crippen LogP contribution in [0.2, 0.25) is 10.0 Å². The van der Waals surface area contributed by atoms with Crippen LogP contribution in [0.3, 0.4) is 0 Å². The molecule has 1 unspecified atom stereocenters. The van der Waals surface area contributed by atoms with E-state index < -0.39 is 5.97 Å². The number of carboxylic acid groups (broad SMARTS) is 1. The monoisotopic (exact) mass is 272 g/mol. The van der Waals surface area contributed by atoms with Gasteiger partial charge in [-0.05, 0) is 41.5 Å². The fourth-order valence-electron chi connectivity index (χ4n) is 2.44. The van der Waals surface area contributed by atoms with Crippen molar-refractivity contribution >= 4 is 29.2 Å². The number of carboxylic acids is 1. The van der Waals surface area contributed by atoms with E-state index in [1.54, 1.807) is 6.07 Å². The average Bonchev–Trinajstić information content (AvgIpc) is 2.69. The van der Waals surface area contributed by atoms with E-state index in [0.717, 1.165) is 30.4 Å². The van der Waals surface area contributed by atoms with Crippen LogP contribution in [0.1, 0.15) is 30.0 Å². The van der Waals surface area contributed by atoms with Gasteiger partial charge in [-0.25, -0.2) is 0 Å². The number of hydrogen-bond acceptors (Lipinski definition) is 1. The Morgan fingerprint density at radius 1 is 1.41 bits per heavy atom. The lowest BCUT2D eigenvalue weighted by Gasteiger charge is -2.09. The molecule has 0 saturated carbocycles. The molecular formula is C13H14Cl2O2. The van der Waals surface area contributed by atoms with Gasteiger partial charge in [0.15, 0.2) is 0 Å². The number of aliphatic carboxylic acids is 1. The minimum atomic E-state index is -0.882. The molecule has 1 aliphatic carbocycles. The standard InChI is InChI=1S/C13H14Cl2O2/c1-2-7-3-9-10(4-7)13(15)8(5-11(9)14)6-12(16)17/h5,7H,2-4,6H2,1H3,(H,16,17). The van der Waals surface area contributed by atoms with E-state index in [2.05, 4.69) is 6.92 Å². The normalized spacial score (nSPS) is 18.2. The first-order valence-electron chi connectivity index (χ1n) is 5.73. The van der Waals surface area contributed by atoms with Crippen molar-refractivity contribution in [3.63, 3.8) is 0 Å². The van der Waals surface area contributed by atoms with Crippen LogP contribution in [0.5, 0.6) is 0 Å². The summed E-state index contributed by atoms with van der Waals surface area (Å²) in [6.07, 6.45) is 2.90. The second-order valence-corrected chi connectivity index (χ2v) is 5.33. The summed E-state index contributed by atoms with van der Waals surface area (Å²) >= 11 is 12.5. The minimum absolute atomic E-state index is 0.0668. The Hall–Kier alpha value is -0.730. The molecule has 17 heavy (non-hydrogen) atoms. The van der Waals surface area contributed by atoms with Crippen molar-refractivity contribution in [3.05, 3.63) is 32.8 Å². The van der Waals surface area contributed by atoms with Gasteiger partial charge in [0.05, 0.1) is 6.42 Å². The molecule has 0 radical (unpaired) electrons. The van der Waals surface area contributed by atoms with Crippen LogP contribution in [0.15, 0.2) is 6.07 Å². The Bertz CT molecular complexity index is 469. The van der Waals surface area contributed by atoms with Gasteiger partial charge in [-0.2, -0.15) is 0 Å². The van der Waals surface area contributed by atoms with Gasteiger partial charge in [0.1, 0.15) is 0 Å². The predicted octanol–water partition coefficient (Wildman–Crippen LogP) is 3.75. The third-order valence-corrected chi connectivity index (χ3v) is 4.21. The van der Waals surface area contributed by atoms with E-state index in [-0.39, 0.29) is 6.42 Å². The van der Waals surface area contributed by atoms with Crippen molar-refractivity contribution < 1.29 is 9.90 Å². The highest BCUT2D eigenvalue weighted by Crippen LogP contribution is 2.40. The first-order chi connectivity index (χ1) is 8.02. The zero-order valence-corrected chi connectivity index (χ0v) is 11.1. The first kappa shape index (κ1) is 12.7. The van der Waals surface area contributed by atoms with Crippen LogP contribution >= 0.6 is 23.2 Å². The summed E-state index contributed by atoms with van der Waals surface area (Å²) in [7, 11) is 0. The predicted molar refractivity (Wildman–Crippen MR) is 69.0 cm³/mol. The van der Waals surface area contributed by atoms with E-state index in [4.69, 9.17) is 28.3 Å². The topological polar surface area (TPSA) is 37.3 Å². The van der Waals surface area contributed by atoms with Crippen molar-refractivity contribution in [1.29, 1.82) is 0 Å². The molecule has 0 amide bonds. The molecule has 1 atom stereocenters. The molecule has 0 heterocycles. The largest absolute Gasteiger partial charge is 0.481 e. The Balaban J connectivity index is 2.43. The van der Waals surface area contributed by atoms with Crippen molar-refractivity contribution in [2.24, 2.45) is 5.92 Å². The van der Waals surface area contributed by atoms with Gasteiger partial charge in [0.2, 0.25) is 0 Å². The summed E-state index contributed by atoms with van der Waals surface area (Å²) in [6, 6.07) is 1.70. The van der Waals surface area contributed by atoms with Crippen molar-refractivity contribution in [2.75, 3.05) is 0 Å². The maximum Gasteiger partial charge on any atom is 0.307 e. The lowest BCUT2D eigenvalue weighted by molar-refractivity contribution is -0.136. The Kier molecular flexibility index (Phi) is 3.64. The van der Waals surface area contributed by atoms with E-state index in [1.165, 1.54) is 0 Å². The van der Waals surface area contributed by atoms with Crippen LogP contribution in [0, 0.1) is 5.92 Å². The summed E-state index contributed by atoms with van der Waals surface area (Å²) in [5, 5.41) is 10.1. The molecular weight excluding hydrogens is 259 g/mol. The molecule has 4 heteroatoms. The van der Waals surface area contributed by atoms with Gasteiger partial charge in [0.25, 0.3) is 0 Å². The molecule has 1 aromatic carbocycles. The van der Waals surface area contributed by atoms with Crippen LogP contribution in [0.4, 0.5) is 0 Å². The average molecular weight is 273 g/mol. The maximum atomic E-state index is 10.8. The molecule has 2 rings (SSSR count). The van der Waals surface area contributed by atoms with E-state index in [1.807, 2.05) is 0 Å². The molecule has 0 saturated heterocycles. The van der Waals surface area contributed by atoms with Crippen LogP contribution in [-0.4, -0.2) is 11.1 Å². The zero-order chi connectivity index (χ0) is 12.6. The second-order valence-electron chi connectivity index (χ2n) is 4.54.